The Morgan fingerprint density at radius 1 is 1.32 bits per heavy atom. The third-order valence-corrected chi connectivity index (χ3v) is 3.69. The van der Waals surface area contributed by atoms with Gasteiger partial charge in [0.2, 0.25) is 0 Å². The fourth-order valence-corrected chi connectivity index (χ4v) is 2.45. The van der Waals surface area contributed by atoms with Crippen LogP contribution in [0.1, 0.15) is 25.0 Å². The summed E-state index contributed by atoms with van der Waals surface area (Å²) in [5, 5.41) is 14.7. The van der Waals surface area contributed by atoms with E-state index in [1.54, 1.807) is 0 Å². The standard InChI is InChI=1S/C14H21BrN2O2/c1-8-5-12(15)6-9(2)13(8)17-14(19)16-11(4)10(3)7-18/h5-6,10-11,18H,7H2,1-4H3,(H2,16,17,19). The second-order valence-corrected chi connectivity index (χ2v) is 5.88. The molecule has 1 aromatic carbocycles. The van der Waals surface area contributed by atoms with Crippen molar-refractivity contribution in [2.45, 2.75) is 33.7 Å². The molecular weight excluding hydrogens is 308 g/mol. The van der Waals surface area contributed by atoms with Gasteiger partial charge in [-0.1, -0.05) is 22.9 Å². The first-order valence-corrected chi connectivity index (χ1v) is 7.09. The van der Waals surface area contributed by atoms with Crippen LogP contribution in [0.25, 0.3) is 0 Å². The van der Waals surface area contributed by atoms with E-state index >= 15 is 0 Å². The number of carbonyl (C=O) groups excluding carboxylic acids is 1. The van der Waals surface area contributed by atoms with E-state index in [1.807, 2.05) is 39.8 Å². The molecule has 1 aromatic rings. The molecule has 0 aliphatic heterocycles. The molecule has 4 nitrogen and oxygen atoms in total. The van der Waals surface area contributed by atoms with Gasteiger partial charge in [-0.3, -0.25) is 0 Å². The summed E-state index contributed by atoms with van der Waals surface area (Å²) in [6.07, 6.45) is 0. The summed E-state index contributed by atoms with van der Waals surface area (Å²) >= 11 is 3.43. The lowest BCUT2D eigenvalue weighted by Crippen LogP contribution is -2.41. The molecule has 0 saturated carbocycles. The van der Waals surface area contributed by atoms with Crippen LogP contribution < -0.4 is 10.6 Å². The Hall–Kier alpha value is -1.07. The molecular formula is C14H21BrN2O2. The Morgan fingerprint density at radius 3 is 2.32 bits per heavy atom. The number of aliphatic hydroxyl groups is 1. The van der Waals surface area contributed by atoms with Gasteiger partial charge in [0, 0.05) is 22.8 Å². The molecule has 2 atom stereocenters. The highest BCUT2D eigenvalue weighted by Crippen LogP contribution is 2.25. The highest BCUT2D eigenvalue weighted by molar-refractivity contribution is 9.10. The molecule has 5 heteroatoms. The van der Waals surface area contributed by atoms with Gasteiger partial charge in [0.05, 0.1) is 0 Å². The summed E-state index contributed by atoms with van der Waals surface area (Å²) in [5.74, 6) is 0.0258. The summed E-state index contributed by atoms with van der Waals surface area (Å²) in [4.78, 5) is 11.9. The minimum atomic E-state index is -0.249. The lowest BCUT2D eigenvalue weighted by molar-refractivity contribution is 0.204. The molecule has 0 radical (unpaired) electrons. The highest BCUT2D eigenvalue weighted by atomic mass is 79.9. The van der Waals surface area contributed by atoms with Crippen LogP contribution in [0.15, 0.2) is 16.6 Å². The van der Waals surface area contributed by atoms with E-state index in [0.29, 0.717) is 0 Å². The van der Waals surface area contributed by atoms with Crippen molar-refractivity contribution in [1.82, 2.24) is 5.32 Å². The molecule has 0 bridgehead atoms. The maximum atomic E-state index is 11.9. The summed E-state index contributed by atoms with van der Waals surface area (Å²) in [6, 6.07) is 3.59. The summed E-state index contributed by atoms with van der Waals surface area (Å²) in [6.45, 7) is 7.72. The van der Waals surface area contributed by atoms with Crippen molar-refractivity contribution in [3.05, 3.63) is 27.7 Å². The third kappa shape index (κ3) is 4.51. The van der Waals surface area contributed by atoms with Gasteiger partial charge in [0.25, 0.3) is 0 Å². The Labute approximate surface area is 122 Å². The zero-order valence-corrected chi connectivity index (χ0v) is 13.3. The van der Waals surface area contributed by atoms with Crippen molar-refractivity contribution in [2.75, 3.05) is 11.9 Å². The number of rotatable bonds is 4. The number of benzene rings is 1. The number of urea groups is 1. The van der Waals surface area contributed by atoms with E-state index in [-0.39, 0.29) is 24.6 Å². The number of aryl methyl sites for hydroxylation is 2. The topological polar surface area (TPSA) is 61.4 Å². The van der Waals surface area contributed by atoms with Crippen molar-refractivity contribution in [1.29, 1.82) is 0 Å². The Kier molecular flexibility index (Phi) is 5.82. The molecule has 3 N–H and O–H groups in total. The van der Waals surface area contributed by atoms with Crippen molar-refractivity contribution in [3.8, 4) is 0 Å². The average Bonchev–Trinajstić information content (AvgIpc) is 2.32. The maximum absolute atomic E-state index is 11.9. The Balaban J connectivity index is 2.73. The second-order valence-electron chi connectivity index (χ2n) is 4.96. The van der Waals surface area contributed by atoms with Crippen LogP contribution in [-0.4, -0.2) is 23.8 Å². The zero-order valence-electron chi connectivity index (χ0n) is 11.7. The molecule has 0 aromatic heterocycles. The number of amides is 2. The van der Waals surface area contributed by atoms with E-state index in [9.17, 15) is 4.79 Å². The van der Waals surface area contributed by atoms with Crippen LogP contribution in [0.4, 0.5) is 10.5 Å². The largest absolute Gasteiger partial charge is 0.396 e. The van der Waals surface area contributed by atoms with Crippen LogP contribution in [0.3, 0.4) is 0 Å². The predicted molar refractivity (Wildman–Crippen MR) is 81.5 cm³/mol. The minimum absolute atomic E-state index is 0.0258. The fraction of sp³-hybridized carbons (Fsp3) is 0.500. The lowest BCUT2D eigenvalue weighted by Gasteiger charge is -2.20. The van der Waals surface area contributed by atoms with Gasteiger partial charge in [-0.2, -0.15) is 0 Å². The second kappa shape index (κ2) is 6.91. The molecule has 1 rings (SSSR count). The summed E-state index contributed by atoms with van der Waals surface area (Å²) in [5.41, 5.74) is 2.83. The van der Waals surface area contributed by atoms with Crippen molar-refractivity contribution in [3.63, 3.8) is 0 Å². The summed E-state index contributed by atoms with van der Waals surface area (Å²) < 4.78 is 0.996. The SMILES string of the molecule is Cc1cc(Br)cc(C)c1NC(=O)NC(C)C(C)CO. The molecule has 0 aliphatic carbocycles. The van der Waals surface area contributed by atoms with Crippen LogP contribution in [0.5, 0.6) is 0 Å². The number of hydrogen-bond acceptors (Lipinski definition) is 2. The number of aliphatic hydroxyl groups excluding tert-OH is 1. The fourth-order valence-electron chi connectivity index (χ4n) is 1.76. The quantitative estimate of drug-likeness (QED) is 0.794. The maximum Gasteiger partial charge on any atom is 0.319 e. The van der Waals surface area contributed by atoms with Crippen molar-refractivity contribution in [2.24, 2.45) is 5.92 Å². The Morgan fingerprint density at radius 2 is 1.84 bits per heavy atom. The highest BCUT2D eigenvalue weighted by Gasteiger charge is 2.15. The van der Waals surface area contributed by atoms with Gasteiger partial charge in [0.1, 0.15) is 0 Å². The molecule has 106 valence electrons. The van der Waals surface area contributed by atoms with Gasteiger partial charge in [0.15, 0.2) is 0 Å². The molecule has 0 saturated heterocycles. The van der Waals surface area contributed by atoms with Crippen molar-refractivity contribution >= 4 is 27.6 Å². The van der Waals surface area contributed by atoms with Crippen LogP contribution >= 0.6 is 15.9 Å². The van der Waals surface area contributed by atoms with Gasteiger partial charge in [-0.05, 0) is 49.9 Å². The molecule has 19 heavy (non-hydrogen) atoms. The molecule has 0 aliphatic rings. The third-order valence-electron chi connectivity index (χ3n) is 3.24. The first-order valence-electron chi connectivity index (χ1n) is 6.30. The molecule has 2 amide bonds. The predicted octanol–water partition coefficient (Wildman–Crippen LogP) is 3.20. The molecule has 0 fully saturated rings. The number of hydrogen-bond donors (Lipinski definition) is 3. The van der Waals surface area contributed by atoms with E-state index in [4.69, 9.17) is 5.11 Å². The summed E-state index contributed by atoms with van der Waals surface area (Å²) in [7, 11) is 0. The van der Waals surface area contributed by atoms with E-state index in [1.165, 1.54) is 0 Å². The van der Waals surface area contributed by atoms with E-state index in [2.05, 4.69) is 26.6 Å². The number of halogens is 1. The smallest absolute Gasteiger partial charge is 0.319 e. The molecule has 0 heterocycles. The van der Waals surface area contributed by atoms with Crippen LogP contribution in [0, 0.1) is 19.8 Å². The van der Waals surface area contributed by atoms with Gasteiger partial charge >= 0.3 is 6.03 Å². The molecule has 0 spiro atoms. The number of anilines is 1. The number of nitrogens with one attached hydrogen (secondary N) is 2. The lowest BCUT2D eigenvalue weighted by atomic mass is 10.1. The van der Waals surface area contributed by atoms with Crippen LogP contribution in [0.2, 0.25) is 0 Å². The van der Waals surface area contributed by atoms with E-state index in [0.717, 1.165) is 21.3 Å². The molecule has 2 unspecified atom stereocenters. The first-order chi connectivity index (χ1) is 8.85. The van der Waals surface area contributed by atoms with E-state index < -0.39 is 0 Å². The number of carbonyl (C=O) groups is 1. The Bertz CT molecular complexity index is 440. The zero-order chi connectivity index (χ0) is 14.6. The average molecular weight is 329 g/mol. The van der Waals surface area contributed by atoms with Gasteiger partial charge < -0.3 is 15.7 Å². The normalized spacial score (nSPS) is 13.8. The van der Waals surface area contributed by atoms with Gasteiger partial charge in [-0.15, -0.1) is 0 Å². The van der Waals surface area contributed by atoms with Crippen LogP contribution in [-0.2, 0) is 0 Å². The minimum Gasteiger partial charge on any atom is -0.396 e. The first kappa shape index (κ1) is 16.0. The van der Waals surface area contributed by atoms with Crippen molar-refractivity contribution < 1.29 is 9.90 Å². The monoisotopic (exact) mass is 328 g/mol. The van der Waals surface area contributed by atoms with Gasteiger partial charge in [-0.25, -0.2) is 4.79 Å².